The molecule has 0 saturated carbocycles. The van der Waals surface area contributed by atoms with Crippen molar-refractivity contribution in [2.24, 2.45) is 11.8 Å². The van der Waals surface area contributed by atoms with Gasteiger partial charge < -0.3 is 14.7 Å². The van der Waals surface area contributed by atoms with Gasteiger partial charge in [0.05, 0.1) is 17.4 Å². The van der Waals surface area contributed by atoms with E-state index in [2.05, 4.69) is 43.3 Å². The zero-order valence-corrected chi connectivity index (χ0v) is 18.5. The zero-order valence-electron chi connectivity index (χ0n) is 18.5. The molecule has 3 aromatic rings. The van der Waals surface area contributed by atoms with E-state index in [9.17, 15) is 9.90 Å². The molecule has 1 aliphatic heterocycles. The van der Waals surface area contributed by atoms with Crippen LogP contribution in [0.5, 0.6) is 0 Å². The lowest BCUT2D eigenvalue weighted by atomic mass is 9.44. The molecule has 1 amide bonds. The molecule has 162 valence electrons. The molecule has 1 saturated heterocycles. The van der Waals surface area contributed by atoms with E-state index in [0.717, 1.165) is 16.7 Å². The largest absolute Gasteiger partial charge is 0.380 e. The molecule has 2 bridgehead atoms. The summed E-state index contributed by atoms with van der Waals surface area (Å²) in [7, 11) is 3.46. The summed E-state index contributed by atoms with van der Waals surface area (Å²) >= 11 is 0. The predicted molar refractivity (Wildman–Crippen MR) is 122 cm³/mol. The Kier molecular flexibility index (Phi) is 4.02. The van der Waals surface area contributed by atoms with Crippen LogP contribution in [0.25, 0.3) is 0 Å². The van der Waals surface area contributed by atoms with E-state index in [1.165, 1.54) is 11.1 Å². The molecule has 3 aromatic carbocycles. The van der Waals surface area contributed by atoms with Crippen LogP contribution in [0.15, 0.2) is 78.9 Å². The number of likely N-dealkylation sites (tertiary alicyclic amines) is 1. The van der Waals surface area contributed by atoms with Crippen LogP contribution in [0.1, 0.15) is 40.7 Å². The lowest BCUT2D eigenvalue weighted by Crippen LogP contribution is -2.60. The van der Waals surface area contributed by atoms with Gasteiger partial charge in [0.25, 0.3) is 0 Å². The Morgan fingerprint density at radius 1 is 0.906 bits per heavy atom. The topological polar surface area (TPSA) is 49.8 Å². The average molecular weight is 426 g/mol. The second-order valence-corrected chi connectivity index (χ2v) is 9.39. The Morgan fingerprint density at radius 3 is 2.00 bits per heavy atom. The van der Waals surface area contributed by atoms with Crippen LogP contribution in [-0.2, 0) is 20.7 Å². The smallest absolute Gasteiger partial charge is 0.229 e. The van der Waals surface area contributed by atoms with Crippen LogP contribution in [0.4, 0.5) is 0 Å². The third kappa shape index (κ3) is 2.03. The second-order valence-electron chi connectivity index (χ2n) is 9.39. The van der Waals surface area contributed by atoms with Gasteiger partial charge in [-0.25, -0.2) is 0 Å². The van der Waals surface area contributed by atoms with Crippen LogP contribution < -0.4 is 0 Å². The molecule has 4 nitrogen and oxygen atoms in total. The minimum Gasteiger partial charge on any atom is -0.380 e. The van der Waals surface area contributed by atoms with Gasteiger partial charge in [0.2, 0.25) is 5.91 Å². The first-order valence-corrected chi connectivity index (χ1v) is 11.3. The molecule has 1 N–H and O–H groups in total. The zero-order chi connectivity index (χ0) is 22.3. The summed E-state index contributed by atoms with van der Waals surface area (Å²) in [5, 5.41) is 12.4. The van der Waals surface area contributed by atoms with Gasteiger partial charge in [-0.1, -0.05) is 78.9 Å². The van der Waals surface area contributed by atoms with E-state index in [-0.39, 0.29) is 23.8 Å². The van der Waals surface area contributed by atoms with Crippen molar-refractivity contribution in [3.05, 3.63) is 107 Å². The molecule has 0 unspecified atom stereocenters. The summed E-state index contributed by atoms with van der Waals surface area (Å²) in [6.07, 6.45) is -0.256. The molecule has 7 rings (SSSR count). The highest BCUT2D eigenvalue weighted by molar-refractivity contribution is 5.88. The van der Waals surface area contributed by atoms with Crippen LogP contribution in [-0.4, -0.2) is 36.2 Å². The van der Waals surface area contributed by atoms with Crippen LogP contribution in [0.2, 0.25) is 0 Å². The van der Waals surface area contributed by atoms with Crippen molar-refractivity contribution >= 4 is 5.91 Å². The van der Waals surface area contributed by atoms with Gasteiger partial charge in [0.1, 0.15) is 0 Å². The van der Waals surface area contributed by atoms with Crippen LogP contribution in [0, 0.1) is 11.8 Å². The Morgan fingerprint density at radius 2 is 1.44 bits per heavy atom. The molecular formula is C28H27NO3. The SMILES string of the molecule is CO[C@@H](C)C12c3ccccc3C(c3ccccc31)[C@H]1[C@@H]2C(=O)N(C)[C@]1(O)c1ccccc1. The number of amides is 1. The van der Waals surface area contributed by atoms with E-state index < -0.39 is 17.1 Å². The Hall–Kier alpha value is -2.95. The number of methoxy groups -OCH3 is 1. The number of carbonyl (C=O) groups excluding carboxylic acids is 1. The predicted octanol–water partition coefficient (Wildman–Crippen LogP) is 4.02. The molecule has 4 heteroatoms. The monoisotopic (exact) mass is 425 g/mol. The van der Waals surface area contributed by atoms with Crippen molar-refractivity contribution in [2.75, 3.05) is 14.2 Å². The molecule has 0 aromatic heterocycles. The van der Waals surface area contributed by atoms with Crippen LogP contribution >= 0.6 is 0 Å². The maximum absolute atomic E-state index is 14.1. The van der Waals surface area contributed by atoms with Crippen molar-refractivity contribution in [1.29, 1.82) is 0 Å². The van der Waals surface area contributed by atoms with Crippen molar-refractivity contribution < 1.29 is 14.6 Å². The molecule has 1 fully saturated rings. The third-order valence-electron chi connectivity index (χ3n) is 8.46. The number of benzene rings is 3. The summed E-state index contributed by atoms with van der Waals surface area (Å²) in [5.41, 5.74) is 3.35. The quantitative estimate of drug-likeness (QED) is 0.690. The van der Waals surface area contributed by atoms with Gasteiger partial charge >= 0.3 is 0 Å². The van der Waals surface area contributed by atoms with Gasteiger partial charge in [-0.3, -0.25) is 4.79 Å². The van der Waals surface area contributed by atoms with Gasteiger partial charge in [0.15, 0.2) is 5.72 Å². The van der Waals surface area contributed by atoms with Crippen molar-refractivity contribution in [3.63, 3.8) is 0 Å². The Balaban J connectivity index is 1.75. The molecule has 4 aliphatic rings. The lowest BCUT2D eigenvalue weighted by molar-refractivity contribution is -0.148. The van der Waals surface area contributed by atoms with Crippen molar-refractivity contribution in [2.45, 2.75) is 30.1 Å². The van der Waals surface area contributed by atoms with E-state index in [1.807, 2.05) is 42.5 Å². The maximum Gasteiger partial charge on any atom is 0.229 e. The highest BCUT2D eigenvalue weighted by atomic mass is 16.5. The molecular weight excluding hydrogens is 398 g/mol. The number of rotatable bonds is 3. The highest BCUT2D eigenvalue weighted by Crippen LogP contribution is 2.69. The second kappa shape index (κ2) is 6.53. The highest BCUT2D eigenvalue weighted by Gasteiger charge is 2.73. The van der Waals surface area contributed by atoms with Gasteiger partial charge in [-0.15, -0.1) is 0 Å². The van der Waals surface area contributed by atoms with E-state index in [4.69, 9.17) is 4.74 Å². The van der Waals surface area contributed by atoms with Crippen molar-refractivity contribution in [3.8, 4) is 0 Å². The standard InChI is InChI=1S/C28H27NO3/c1-17(32-3)27-21-15-9-7-13-19(21)23(20-14-8-10-16-22(20)27)24-25(27)26(30)29(2)28(24,31)18-11-5-4-6-12-18/h4-17,23-25,31H,1-3H3/t17-,23?,24-,25+,27?,28-/m0/s1. The summed E-state index contributed by atoms with van der Waals surface area (Å²) in [5.74, 6) is -0.871. The van der Waals surface area contributed by atoms with Gasteiger partial charge in [-0.05, 0) is 29.2 Å². The summed E-state index contributed by atoms with van der Waals surface area (Å²) in [4.78, 5) is 15.7. The summed E-state index contributed by atoms with van der Waals surface area (Å²) in [6.45, 7) is 2.06. The summed E-state index contributed by atoms with van der Waals surface area (Å²) in [6, 6.07) is 26.5. The van der Waals surface area contributed by atoms with Gasteiger partial charge in [0, 0.05) is 31.6 Å². The number of hydrogen-bond donors (Lipinski definition) is 1. The third-order valence-corrected chi connectivity index (χ3v) is 8.46. The van der Waals surface area contributed by atoms with E-state index >= 15 is 0 Å². The molecule has 4 atom stereocenters. The maximum atomic E-state index is 14.1. The fourth-order valence-electron chi connectivity index (χ4n) is 7.16. The number of carbonyl (C=O) groups is 1. The van der Waals surface area contributed by atoms with E-state index in [0.29, 0.717) is 0 Å². The molecule has 1 heterocycles. The fourth-order valence-corrected chi connectivity index (χ4v) is 7.16. The molecule has 0 spiro atoms. The minimum atomic E-state index is -1.41. The Labute approximate surface area is 188 Å². The number of aliphatic hydroxyl groups is 1. The van der Waals surface area contributed by atoms with Crippen LogP contribution in [0.3, 0.4) is 0 Å². The Bertz CT molecular complexity index is 1170. The van der Waals surface area contributed by atoms with E-state index in [1.54, 1.807) is 19.1 Å². The first kappa shape index (κ1) is 19.7. The first-order valence-electron chi connectivity index (χ1n) is 11.3. The number of hydrogen-bond acceptors (Lipinski definition) is 3. The molecule has 32 heavy (non-hydrogen) atoms. The average Bonchev–Trinajstić information content (AvgIpc) is 3.06. The minimum absolute atomic E-state index is 0.0285. The molecule has 3 aliphatic carbocycles. The normalized spacial score (nSPS) is 32.9. The lowest BCUT2D eigenvalue weighted by Gasteiger charge is -2.58. The molecule has 0 radical (unpaired) electrons. The van der Waals surface area contributed by atoms with Gasteiger partial charge in [-0.2, -0.15) is 0 Å². The fraction of sp³-hybridized carbons (Fsp3) is 0.321. The number of ether oxygens (including phenoxy) is 1. The van der Waals surface area contributed by atoms with Crippen molar-refractivity contribution in [1.82, 2.24) is 4.90 Å². The first-order chi connectivity index (χ1) is 15.5. The summed E-state index contributed by atoms with van der Waals surface area (Å²) < 4.78 is 6.04. The number of nitrogens with zero attached hydrogens (tertiary/aromatic N) is 1.